The van der Waals surface area contributed by atoms with Gasteiger partial charge in [-0.05, 0) is 38.5 Å². The van der Waals surface area contributed by atoms with E-state index in [0.717, 1.165) is 16.2 Å². The first-order chi connectivity index (χ1) is 16.6. The number of hydrogen-bond acceptors (Lipinski definition) is 10. The molecule has 1 aliphatic heterocycles. The van der Waals surface area contributed by atoms with Gasteiger partial charge in [0, 0.05) is 12.1 Å². The van der Waals surface area contributed by atoms with E-state index in [1.807, 2.05) is 0 Å². The molecule has 180 valence electrons. The number of Topliss-reactive ketones (excluding diaryl/α,β-unsaturated/α-hetero) is 1. The van der Waals surface area contributed by atoms with Crippen LogP contribution in [0.3, 0.4) is 0 Å². The van der Waals surface area contributed by atoms with Gasteiger partial charge in [0.15, 0.2) is 16.7 Å². The van der Waals surface area contributed by atoms with E-state index in [1.165, 1.54) is 30.3 Å². The molecule has 0 saturated carbocycles. The van der Waals surface area contributed by atoms with Crippen LogP contribution in [0, 0.1) is 24.0 Å². The lowest BCUT2D eigenvalue weighted by Crippen LogP contribution is -2.31. The molecule has 3 heterocycles. The number of thiazole rings is 1. The third kappa shape index (κ3) is 4.19. The maximum atomic E-state index is 13.3. The van der Waals surface area contributed by atoms with Crippen LogP contribution in [0.4, 0.5) is 10.8 Å². The summed E-state index contributed by atoms with van der Waals surface area (Å²) in [6.07, 6.45) is 0. The van der Waals surface area contributed by atoms with Gasteiger partial charge in [-0.15, -0.1) is 0 Å². The van der Waals surface area contributed by atoms with Gasteiger partial charge in [-0.3, -0.25) is 24.6 Å². The molecule has 1 N–H and O–H groups in total. The van der Waals surface area contributed by atoms with Crippen LogP contribution in [-0.2, 0) is 9.53 Å². The molecule has 4 rings (SSSR count). The molecule has 3 aromatic rings. The minimum absolute atomic E-state index is 0.0111. The average molecular weight is 497 g/mol. The quantitative estimate of drug-likeness (QED) is 0.219. The van der Waals surface area contributed by atoms with Gasteiger partial charge in [-0.25, -0.2) is 9.78 Å². The Bertz CT molecular complexity index is 1400. The fourth-order valence-corrected chi connectivity index (χ4v) is 4.71. The number of aliphatic hydroxyl groups excluding tert-OH is 1. The molecule has 0 bridgehead atoms. The molecule has 35 heavy (non-hydrogen) atoms. The monoisotopic (exact) mass is 497 g/mol. The Kier molecular flexibility index (Phi) is 6.22. The number of aliphatic hydroxyl groups is 1. The number of benzene rings is 1. The Morgan fingerprint density at radius 1 is 1.29 bits per heavy atom. The molecule has 12 heteroatoms. The zero-order valence-corrected chi connectivity index (χ0v) is 19.6. The summed E-state index contributed by atoms with van der Waals surface area (Å²) in [5, 5.41) is 22.2. The van der Waals surface area contributed by atoms with E-state index in [0.29, 0.717) is 5.76 Å². The van der Waals surface area contributed by atoms with Crippen LogP contribution < -0.4 is 4.90 Å². The third-order valence-corrected chi connectivity index (χ3v) is 6.40. The van der Waals surface area contributed by atoms with Crippen LogP contribution in [0.2, 0.25) is 0 Å². The number of nitrogens with zero attached hydrogens (tertiary/aromatic N) is 3. The summed E-state index contributed by atoms with van der Waals surface area (Å²) >= 11 is 0.846. The summed E-state index contributed by atoms with van der Waals surface area (Å²) in [4.78, 5) is 55.2. The van der Waals surface area contributed by atoms with Crippen LogP contribution in [0.1, 0.15) is 50.2 Å². The highest BCUT2D eigenvalue weighted by molar-refractivity contribution is 7.17. The average Bonchev–Trinajstić information content (AvgIpc) is 3.50. The van der Waals surface area contributed by atoms with Crippen LogP contribution in [0.5, 0.6) is 0 Å². The number of aromatic nitrogens is 1. The van der Waals surface area contributed by atoms with Crippen molar-refractivity contribution >= 4 is 39.8 Å². The Balaban J connectivity index is 1.88. The largest absolute Gasteiger partial charge is 0.503 e. The standard InChI is InChI=1S/C23H19N3O8S/c1-4-33-22(30)20-12(3)24-23(35-20)25-17(13-6-5-7-14(10-13)26(31)32)16(19(28)21(25)29)18(27)15-9-8-11(2)34-15/h5-10,17,28H,4H2,1-3H3/t17-/m0/s1. The van der Waals surface area contributed by atoms with Crippen molar-refractivity contribution in [1.82, 2.24) is 4.98 Å². The third-order valence-electron chi connectivity index (χ3n) is 5.27. The van der Waals surface area contributed by atoms with E-state index in [9.17, 15) is 29.6 Å². The van der Waals surface area contributed by atoms with Crippen molar-refractivity contribution < 1.29 is 33.6 Å². The number of ketones is 1. The molecule has 2 aromatic heterocycles. The molecule has 0 fully saturated rings. The number of anilines is 1. The van der Waals surface area contributed by atoms with E-state index in [4.69, 9.17) is 9.15 Å². The summed E-state index contributed by atoms with van der Waals surface area (Å²) in [7, 11) is 0. The van der Waals surface area contributed by atoms with Gasteiger partial charge in [0.05, 0.1) is 28.8 Å². The normalized spacial score (nSPS) is 15.6. The number of hydrogen-bond donors (Lipinski definition) is 1. The lowest BCUT2D eigenvalue weighted by molar-refractivity contribution is -0.384. The SMILES string of the molecule is CCOC(=O)c1sc(N2C(=O)C(O)=C(C(=O)c3ccc(C)o3)[C@@H]2c2cccc([N+](=O)[O-])c2)nc1C. The number of nitro benzene ring substituents is 1. The fraction of sp³-hybridized carbons (Fsp3) is 0.217. The van der Waals surface area contributed by atoms with Crippen molar-refractivity contribution in [3.8, 4) is 0 Å². The Morgan fingerprint density at radius 2 is 2.03 bits per heavy atom. The number of amides is 1. The van der Waals surface area contributed by atoms with Gasteiger partial charge in [0.25, 0.3) is 11.6 Å². The smallest absolute Gasteiger partial charge is 0.350 e. The van der Waals surface area contributed by atoms with Crippen LogP contribution in [-0.4, -0.2) is 39.3 Å². The summed E-state index contributed by atoms with van der Waals surface area (Å²) in [5.74, 6) is -2.86. The molecule has 0 unspecified atom stereocenters. The van der Waals surface area contributed by atoms with E-state index in [2.05, 4.69) is 4.98 Å². The van der Waals surface area contributed by atoms with Gasteiger partial charge in [0.1, 0.15) is 10.6 Å². The van der Waals surface area contributed by atoms with Gasteiger partial charge < -0.3 is 14.3 Å². The van der Waals surface area contributed by atoms with E-state index >= 15 is 0 Å². The first kappa shape index (κ1) is 23.8. The second-order valence-corrected chi connectivity index (χ2v) is 8.54. The minimum Gasteiger partial charge on any atom is -0.503 e. The molecule has 0 aliphatic carbocycles. The van der Waals surface area contributed by atoms with Gasteiger partial charge in [0.2, 0.25) is 5.78 Å². The van der Waals surface area contributed by atoms with Crippen molar-refractivity contribution in [2.75, 3.05) is 11.5 Å². The van der Waals surface area contributed by atoms with Crippen LogP contribution >= 0.6 is 11.3 Å². The van der Waals surface area contributed by atoms with Crippen molar-refractivity contribution in [3.05, 3.63) is 85.5 Å². The van der Waals surface area contributed by atoms with Crippen LogP contribution in [0.15, 0.2) is 52.1 Å². The summed E-state index contributed by atoms with van der Waals surface area (Å²) < 4.78 is 10.4. The fourth-order valence-electron chi connectivity index (χ4n) is 3.72. The van der Waals surface area contributed by atoms with Crippen molar-refractivity contribution in [2.24, 2.45) is 0 Å². The number of ether oxygens (including phenoxy) is 1. The summed E-state index contributed by atoms with van der Waals surface area (Å²) in [6, 6.07) is 7.06. The van der Waals surface area contributed by atoms with Crippen molar-refractivity contribution in [1.29, 1.82) is 0 Å². The molecule has 1 atom stereocenters. The van der Waals surface area contributed by atoms with Gasteiger partial charge >= 0.3 is 5.97 Å². The highest BCUT2D eigenvalue weighted by Crippen LogP contribution is 2.44. The predicted octanol–water partition coefficient (Wildman–Crippen LogP) is 4.22. The maximum Gasteiger partial charge on any atom is 0.350 e. The molecule has 0 saturated heterocycles. The molecule has 0 radical (unpaired) electrons. The number of aryl methyl sites for hydroxylation is 2. The van der Waals surface area contributed by atoms with Crippen LogP contribution in [0.25, 0.3) is 0 Å². The van der Waals surface area contributed by atoms with Crippen molar-refractivity contribution in [3.63, 3.8) is 0 Å². The lowest BCUT2D eigenvalue weighted by atomic mass is 9.95. The maximum absolute atomic E-state index is 13.3. The molecule has 1 aromatic carbocycles. The van der Waals surface area contributed by atoms with E-state index in [1.54, 1.807) is 26.8 Å². The second kappa shape index (κ2) is 9.14. The zero-order chi connectivity index (χ0) is 25.4. The highest BCUT2D eigenvalue weighted by Gasteiger charge is 2.47. The van der Waals surface area contributed by atoms with Crippen molar-refractivity contribution in [2.45, 2.75) is 26.8 Å². The van der Waals surface area contributed by atoms with Gasteiger partial charge in [-0.2, -0.15) is 0 Å². The van der Waals surface area contributed by atoms with E-state index < -0.39 is 34.4 Å². The molecule has 0 spiro atoms. The van der Waals surface area contributed by atoms with E-state index in [-0.39, 0.29) is 44.9 Å². The lowest BCUT2D eigenvalue weighted by Gasteiger charge is -2.24. The molecule has 11 nitrogen and oxygen atoms in total. The Morgan fingerprint density at radius 3 is 2.66 bits per heavy atom. The second-order valence-electron chi connectivity index (χ2n) is 7.56. The number of carbonyl (C=O) groups is 3. The number of rotatable bonds is 7. The Hall–Kier alpha value is -4.32. The van der Waals surface area contributed by atoms with Gasteiger partial charge in [-0.1, -0.05) is 23.5 Å². The predicted molar refractivity (Wildman–Crippen MR) is 124 cm³/mol. The Labute approximate surface area is 202 Å². The molecule has 1 amide bonds. The summed E-state index contributed by atoms with van der Waals surface area (Å²) in [5.41, 5.74) is -0.122. The number of nitro groups is 1. The number of furan rings is 1. The number of carbonyl (C=O) groups excluding carboxylic acids is 3. The first-order valence-corrected chi connectivity index (χ1v) is 11.2. The zero-order valence-electron chi connectivity index (χ0n) is 18.8. The summed E-state index contributed by atoms with van der Waals surface area (Å²) in [6.45, 7) is 4.96. The number of non-ortho nitro benzene ring substituents is 1. The number of esters is 1. The highest BCUT2D eigenvalue weighted by atomic mass is 32.1. The topological polar surface area (TPSA) is 153 Å². The molecular weight excluding hydrogens is 478 g/mol. The minimum atomic E-state index is -1.26. The first-order valence-electron chi connectivity index (χ1n) is 10.4. The molecular formula is C23H19N3O8S. The molecule has 1 aliphatic rings.